The maximum Gasteiger partial charge on any atom is 0.281 e. The van der Waals surface area contributed by atoms with Crippen molar-refractivity contribution in [1.29, 1.82) is 0 Å². The molecule has 8 heteroatoms. The lowest BCUT2D eigenvalue weighted by Gasteiger charge is -2.31. The molecule has 0 bridgehead atoms. The second-order valence-corrected chi connectivity index (χ2v) is 8.71. The van der Waals surface area contributed by atoms with Crippen LogP contribution in [0.5, 0.6) is 0 Å². The summed E-state index contributed by atoms with van der Waals surface area (Å²) in [6, 6.07) is 5.48. The first-order valence-electron chi connectivity index (χ1n) is 8.56. The zero-order valence-corrected chi connectivity index (χ0v) is 17.0. The number of nitrogens with zero attached hydrogens (tertiary/aromatic N) is 1. The molecule has 0 aliphatic carbocycles. The van der Waals surface area contributed by atoms with Gasteiger partial charge in [-0.2, -0.15) is 0 Å². The number of thiazole rings is 1. The van der Waals surface area contributed by atoms with E-state index in [-0.39, 0.29) is 18.1 Å². The Morgan fingerprint density at radius 3 is 2.58 bits per heavy atom. The van der Waals surface area contributed by atoms with E-state index in [1.165, 1.54) is 16.2 Å². The third kappa shape index (κ3) is 5.66. The van der Waals surface area contributed by atoms with Gasteiger partial charge in [0.1, 0.15) is 25.3 Å². The number of halogens is 2. The molecule has 1 aliphatic rings. The molecule has 2 N–H and O–H groups in total. The van der Waals surface area contributed by atoms with Crippen molar-refractivity contribution in [2.24, 2.45) is 0 Å². The molecule has 0 radical (unpaired) electrons. The number of nitrogens with one attached hydrogen (secondary N) is 2. The fourth-order valence-electron chi connectivity index (χ4n) is 3.29. The number of rotatable bonds is 5. The summed E-state index contributed by atoms with van der Waals surface area (Å²) in [5.41, 5.74) is 1.02. The molecule has 1 aromatic carbocycles. The molecule has 1 aromatic heterocycles. The Kier molecular flexibility index (Phi) is 6.53. The van der Waals surface area contributed by atoms with Gasteiger partial charge in [-0.1, -0.05) is 23.2 Å². The van der Waals surface area contributed by atoms with Crippen molar-refractivity contribution >= 4 is 45.6 Å². The molecule has 3 rings (SSSR count). The minimum atomic E-state index is -0.0204. The van der Waals surface area contributed by atoms with Gasteiger partial charge in [0.2, 0.25) is 0 Å². The van der Waals surface area contributed by atoms with Gasteiger partial charge in [-0.3, -0.25) is 10.1 Å². The van der Waals surface area contributed by atoms with Crippen molar-refractivity contribution < 1.29 is 14.4 Å². The Balaban J connectivity index is 1.55. The van der Waals surface area contributed by atoms with Crippen LogP contribution in [0, 0.1) is 0 Å². The van der Waals surface area contributed by atoms with Crippen LogP contribution < -0.4 is 10.2 Å². The van der Waals surface area contributed by atoms with Crippen LogP contribution in [0.25, 0.3) is 0 Å². The van der Waals surface area contributed by atoms with Gasteiger partial charge in [-0.25, -0.2) is 4.98 Å². The van der Waals surface area contributed by atoms with Crippen LogP contribution in [0.1, 0.15) is 24.3 Å². The van der Waals surface area contributed by atoms with Gasteiger partial charge in [-0.05, 0) is 37.6 Å². The minimum Gasteiger partial charge on any atom is -0.364 e. The van der Waals surface area contributed by atoms with Crippen LogP contribution in [0.2, 0.25) is 10.0 Å². The van der Waals surface area contributed by atoms with Crippen LogP contribution in [-0.4, -0.2) is 42.7 Å². The van der Waals surface area contributed by atoms with E-state index in [1.807, 2.05) is 26.0 Å². The van der Waals surface area contributed by atoms with Gasteiger partial charge < -0.3 is 9.64 Å². The van der Waals surface area contributed by atoms with Crippen LogP contribution in [0.3, 0.4) is 0 Å². The highest BCUT2D eigenvalue weighted by Gasteiger charge is 2.27. The van der Waals surface area contributed by atoms with Gasteiger partial charge in [0, 0.05) is 27.5 Å². The summed E-state index contributed by atoms with van der Waals surface area (Å²) in [4.78, 5) is 18.9. The maximum absolute atomic E-state index is 12.3. The number of amides is 1. The summed E-state index contributed by atoms with van der Waals surface area (Å²) in [5, 5.41) is 4.75. The predicted octanol–water partition coefficient (Wildman–Crippen LogP) is 2.67. The second kappa shape index (κ2) is 8.67. The quantitative estimate of drug-likeness (QED) is 0.790. The second-order valence-electron chi connectivity index (χ2n) is 6.73. The normalized spacial score (nSPS) is 23.0. The van der Waals surface area contributed by atoms with Crippen LogP contribution >= 0.6 is 34.5 Å². The third-order valence-corrected chi connectivity index (χ3v) is 5.48. The average molecular weight is 415 g/mol. The number of carbonyl (C=O) groups is 1. The predicted molar refractivity (Wildman–Crippen MR) is 106 cm³/mol. The summed E-state index contributed by atoms with van der Waals surface area (Å²) >= 11 is 13.5. The summed E-state index contributed by atoms with van der Waals surface area (Å²) in [7, 11) is 0. The topological polar surface area (TPSA) is 55.7 Å². The molecule has 1 saturated heterocycles. The Morgan fingerprint density at radius 1 is 1.27 bits per heavy atom. The smallest absolute Gasteiger partial charge is 0.281 e. The van der Waals surface area contributed by atoms with Crippen molar-refractivity contribution in [1.82, 2.24) is 4.98 Å². The first kappa shape index (κ1) is 19.6. The number of hydrogen-bond acceptors (Lipinski definition) is 4. The summed E-state index contributed by atoms with van der Waals surface area (Å²) in [5.74, 6) is -0.0204. The zero-order valence-electron chi connectivity index (χ0n) is 14.7. The van der Waals surface area contributed by atoms with E-state index in [0.29, 0.717) is 28.1 Å². The third-order valence-electron chi connectivity index (χ3n) is 4.13. The molecule has 1 amide bonds. The summed E-state index contributed by atoms with van der Waals surface area (Å²) in [6.45, 7) is 6.20. The van der Waals surface area contributed by atoms with E-state index < -0.39 is 0 Å². The highest BCUT2D eigenvalue weighted by molar-refractivity contribution is 7.15. The van der Waals surface area contributed by atoms with Gasteiger partial charge in [0.05, 0.1) is 0 Å². The summed E-state index contributed by atoms with van der Waals surface area (Å²) < 4.78 is 5.71. The molecule has 5 nitrogen and oxygen atoms in total. The standard InChI is InChI=1S/C18H21Cl2N3O2S/c1-11-8-23(9-12(2)25-11)10-17(24)22-18-21-7-16(26-18)5-13-3-14(19)6-15(20)4-13/h3-4,6-7,11-12H,5,8-10H2,1-2H3,(H,21,22,24)/p+1/t11-,12+. The molecule has 1 fully saturated rings. The Morgan fingerprint density at radius 2 is 1.92 bits per heavy atom. The molecule has 2 heterocycles. The molecule has 140 valence electrons. The number of hydrogen-bond donors (Lipinski definition) is 2. The lowest BCUT2D eigenvalue weighted by molar-refractivity contribution is -0.907. The zero-order chi connectivity index (χ0) is 18.7. The molecule has 2 aromatic rings. The van der Waals surface area contributed by atoms with E-state index in [2.05, 4.69) is 10.3 Å². The lowest BCUT2D eigenvalue weighted by atomic mass is 10.1. The van der Waals surface area contributed by atoms with Crippen LogP contribution in [0.4, 0.5) is 5.13 Å². The number of carbonyl (C=O) groups excluding carboxylic acids is 1. The molecular formula is C18H22Cl2N3O2S+. The van der Waals surface area contributed by atoms with E-state index in [1.54, 1.807) is 12.3 Å². The van der Waals surface area contributed by atoms with Gasteiger partial charge >= 0.3 is 0 Å². The van der Waals surface area contributed by atoms with E-state index >= 15 is 0 Å². The fourth-order valence-corrected chi connectivity index (χ4v) is 4.72. The highest BCUT2D eigenvalue weighted by Crippen LogP contribution is 2.25. The van der Waals surface area contributed by atoms with Crippen molar-refractivity contribution in [2.45, 2.75) is 32.5 Å². The molecule has 26 heavy (non-hydrogen) atoms. The fraction of sp³-hybridized carbons (Fsp3) is 0.444. The largest absolute Gasteiger partial charge is 0.364 e. The number of morpholine rings is 1. The average Bonchev–Trinajstić information content (AvgIpc) is 2.91. The maximum atomic E-state index is 12.3. The summed E-state index contributed by atoms with van der Waals surface area (Å²) in [6.07, 6.45) is 2.81. The van der Waals surface area contributed by atoms with Crippen molar-refractivity contribution in [3.8, 4) is 0 Å². The minimum absolute atomic E-state index is 0.0204. The molecular weight excluding hydrogens is 393 g/mol. The number of benzene rings is 1. The van der Waals surface area contributed by atoms with Gasteiger partial charge in [0.25, 0.3) is 5.91 Å². The molecule has 1 aliphatic heterocycles. The Hall–Kier alpha value is -1.18. The number of ether oxygens (including phenoxy) is 1. The van der Waals surface area contributed by atoms with Crippen molar-refractivity contribution in [2.75, 3.05) is 25.0 Å². The van der Waals surface area contributed by atoms with E-state index in [4.69, 9.17) is 27.9 Å². The highest BCUT2D eigenvalue weighted by atomic mass is 35.5. The molecule has 1 unspecified atom stereocenters. The number of anilines is 1. The molecule has 0 saturated carbocycles. The monoisotopic (exact) mass is 414 g/mol. The first-order chi connectivity index (χ1) is 12.4. The lowest BCUT2D eigenvalue weighted by Crippen LogP contribution is -3.16. The Labute approximate surface area is 167 Å². The van der Waals surface area contributed by atoms with Crippen LogP contribution in [0.15, 0.2) is 24.4 Å². The molecule has 0 spiro atoms. The van der Waals surface area contributed by atoms with Gasteiger partial charge in [0.15, 0.2) is 11.7 Å². The van der Waals surface area contributed by atoms with Crippen LogP contribution in [-0.2, 0) is 16.0 Å². The van der Waals surface area contributed by atoms with Gasteiger partial charge in [-0.15, -0.1) is 11.3 Å². The first-order valence-corrected chi connectivity index (χ1v) is 10.1. The Bertz CT molecular complexity index is 753. The van der Waals surface area contributed by atoms with Crippen molar-refractivity contribution in [3.05, 3.63) is 44.9 Å². The SMILES string of the molecule is C[C@@H]1C[NH+](CC(=O)Nc2ncc(Cc3cc(Cl)cc(Cl)c3)s2)C[C@H](C)O1. The van der Waals surface area contributed by atoms with E-state index in [0.717, 1.165) is 23.5 Å². The number of aromatic nitrogens is 1. The van der Waals surface area contributed by atoms with Crippen molar-refractivity contribution in [3.63, 3.8) is 0 Å². The molecule has 3 atom stereocenters. The van der Waals surface area contributed by atoms with E-state index in [9.17, 15) is 4.79 Å². The number of quaternary nitrogens is 1.